The van der Waals surface area contributed by atoms with Gasteiger partial charge in [0.1, 0.15) is 12.4 Å². The van der Waals surface area contributed by atoms with Crippen molar-refractivity contribution in [2.45, 2.75) is 11.4 Å². The Kier molecular flexibility index (Phi) is 4.50. The van der Waals surface area contributed by atoms with Crippen LogP contribution in [0.4, 0.5) is 14.9 Å². The van der Waals surface area contributed by atoms with Gasteiger partial charge < -0.3 is 4.74 Å². The maximum atomic E-state index is 12.8. The molecular weight excluding hydrogens is 335 g/mol. The van der Waals surface area contributed by atoms with E-state index in [1.807, 2.05) is 0 Å². The molecule has 0 radical (unpaired) electrons. The second kappa shape index (κ2) is 6.58. The number of sulfonamides is 1. The third-order valence-electron chi connectivity index (χ3n) is 3.60. The maximum Gasteiger partial charge on any atom is 0.414 e. The Balaban J connectivity index is 1.70. The fourth-order valence-electron chi connectivity index (χ4n) is 2.30. The van der Waals surface area contributed by atoms with Gasteiger partial charge in [-0.1, -0.05) is 12.1 Å². The average Bonchev–Trinajstić information content (AvgIpc) is 3.01. The topological polar surface area (TPSA) is 75.7 Å². The Hall–Kier alpha value is -2.45. The highest BCUT2D eigenvalue weighted by Gasteiger charge is 2.24. The first-order valence-corrected chi connectivity index (χ1v) is 8.72. The number of ether oxygens (including phenoxy) is 1. The molecule has 1 aliphatic heterocycles. The van der Waals surface area contributed by atoms with Gasteiger partial charge in [0.05, 0.1) is 11.4 Å². The molecule has 1 aliphatic rings. The zero-order valence-corrected chi connectivity index (χ0v) is 13.4. The number of carbonyl (C=O) groups is 1. The summed E-state index contributed by atoms with van der Waals surface area (Å²) in [6.07, 6.45) is -0.444. The second-order valence-corrected chi connectivity index (χ2v) is 6.98. The number of amides is 1. The van der Waals surface area contributed by atoms with Gasteiger partial charge in [-0.15, -0.1) is 0 Å². The van der Waals surface area contributed by atoms with E-state index in [1.54, 1.807) is 12.1 Å². The van der Waals surface area contributed by atoms with E-state index in [-0.39, 0.29) is 17.3 Å². The number of halogens is 1. The molecule has 24 heavy (non-hydrogen) atoms. The zero-order valence-electron chi connectivity index (χ0n) is 12.6. The van der Waals surface area contributed by atoms with Crippen LogP contribution in [0.15, 0.2) is 53.4 Å². The zero-order chi connectivity index (χ0) is 17.2. The van der Waals surface area contributed by atoms with Crippen LogP contribution in [0.3, 0.4) is 0 Å². The van der Waals surface area contributed by atoms with Crippen molar-refractivity contribution in [3.05, 3.63) is 59.9 Å². The van der Waals surface area contributed by atoms with Crippen molar-refractivity contribution in [1.82, 2.24) is 4.72 Å². The number of hydrogen-bond donors (Lipinski definition) is 1. The van der Waals surface area contributed by atoms with Gasteiger partial charge in [0.15, 0.2) is 0 Å². The summed E-state index contributed by atoms with van der Waals surface area (Å²) in [5.41, 5.74) is 1.23. The average molecular weight is 350 g/mol. The first-order valence-electron chi connectivity index (χ1n) is 7.24. The molecule has 0 atom stereocenters. The van der Waals surface area contributed by atoms with Crippen LogP contribution in [-0.4, -0.2) is 27.7 Å². The number of hydrogen-bond acceptors (Lipinski definition) is 4. The van der Waals surface area contributed by atoms with E-state index in [4.69, 9.17) is 4.74 Å². The van der Waals surface area contributed by atoms with Crippen molar-refractivity contribution in [1.29, 1.82) is 0 Å². The van der Waals surface area contributed by atoms with Crippen molar-refractivity contribution in [2.24, 2.45) is 0 Å². The summed E-state index contributed by atoms with van der Waals surface area (Å²) in [5, 5.41) is 0. The van der Waals surface area contributed by atoms with E-state index in [9.17, 15) is 17.6 Å². The molecule has 1 heterocycles. The second-order valence-electron chi connectivity index (χ2n) is 5.21. The number of nitrogens with zero attached hydrogens (tertiary/aromatic N) is 1. The molecule has 6 nitrogen and oxygen atoms in total. The standard InChI is InChI=1S/C16H15FN2O4S/c17-13-3-1-12(2-4-13)11-18-24(21,22)15-7-5-14(6-8-15)19-9-10-23-16(19)20/h1-8,18H,9-11H2. The molecule has 126 valence electrons. The van der Waals surface area contributed by atoms with Crippen LogP contribution < -0.4 is 9.62 Å². The number of nitrogens with one attached hydrogen (secondary N) is 1. The normalized spacial score (nSPS) is 14.7. The molecule has 8 heteroatoms. The summed E-state index contributed by atoms with van der Waals surface area (Å²) >= 11 is 0. The van der Waals surface area contributed by atoms with Crippen LogP contribution in [0.2, 0.25) is 0 Å². The SMILES string of the molecule is O=C1OCCN1c1ccc(S(=O)(=O)NCc2ccc(F)cc2)cc1. The lowest BCUT2D eigenvalue weighted by atomic mass is 10.2. The molecule has 1 saturated heterocycles. The third-order valence-corrected chi connectivity index (χ3v) is 5.02. The van der Waals surface area contributed by atoms with E-state index < -0.39 is 16.1 Å². The Morgan fingerprint density at radius 3 is 2.33 bits per heavy atom. The Morgan fingerprint density at radius 1 is 1.08 bits per heavy atom. The van der Waals surface area contributed by atoms with E-state index in [1.165, 1.54) is 41.3 Å². The minimum atomic E-state index is -3.70. The molecule has 0 aromatic heterocycles. The number of benzene rings is 2. The summed E-state index contributed by atoms with van der Waals surface area (Å²) in [6, 6.07) is 11.5. The molecule has 3 rings (SSSR count). The predicted molar refractivity (Wildman–Crippen MR) is 85.6 cm³/mol. The Morgan fingerprint density at radius 2 is 1.75 bits per heavy atom. The third kappa shape index (κ3) is 3.55. The van der Waals surface area contributed by atoms with Crippen LogP contribution in [-0.2, 0) is 21.3 Å². The van der Waals surface area contributed by atoms with Gasteiger partial charge in [-0.25, -0.2) is 22.3 Å². The molecule has 1 N–H and O–H groups in total. The maximum absolute atomic E-state index is 12.8. The molecule has 1 amide bonds. The van der Waals surface area contributed by atoms with Gasteiger partial charge in [0.25, 0.3) is 0 Å². The molecule has 0 spiro atoms. The highest BCUT2D eigenvalue weighted by atomic mass is 32.2. The Bertz CT molecular complexity index is 835. The van der Waals surface area contributed by atoms with Crippen LogP contribution in [0.5, 0.6) is 0 Å². The summed E-state index contributed by atoms with van der Waals surface area (Å²) < 4.78 is 44.7. The van der Waals surface area contributed by atoms with Crippen molar-refractivity contribution in [2.75, 3.05) is 18.1 Å². The fourth-order valence-corrected chi connectivity index (χ4v) is 3.31. The molecule has 0 saturated carbocycles. The number of carbonyl (C=O) groups excluding carboxylic acids is 1. The van der Waals surface area contributed by atoms with Gasteiger partial charge in [-0.3, -0.25) is 4.90 Å². The van der Waals surface area contributed by atoms with Gasteiger partial charge >= 0.3 is 6.09 Å². The molecule has 2 aromatic rings. The van der Waals surface area contributed by atoms with Crippen LogP contribution in [0.25, 0.3) is 0 Å². The van der Waals surface area contributed by atoms with Gasteiger partial charge in [0, 0.05) is 12.2 Å². The molecule has 2 aromatic carbocycles. The Labute approximate surface area is 138 Å². The molecule has 0 aliphatic carbocycles. The molecular formula is C16H15FN2O4S. The van der Waals surface area contributed by atoms with E-state index >= 15 is 0 Å². The van der Waals surface area contributed by atoms with E-state index in [0.717, 1.165) is 0 Å². The van der Waals surface area contributed by atoms with Crippen molar-refractivity contribution in [3.8, 4) is 0 Å². The predicted octanol–water partition coefficient (Wildman–Crippen LogP) is 2.26. The highest BCUT2D eigenvalue weighted by molar-refractivity contribution is 7.89. The lowest BCUT2D eigenvalue weighted by molar-refractivity contribution is 0.181. The summed E-state index contributed by atoms with van der Waals surface area (Å²) in [5.74, 6) is -0.377. The molecule has 0 bridgehead atoms. The lowest BCUT2D eigenvalue weighted by Crippen LogP contribution is -2.24. The largest absolute Gasteiger partial charge is 0.447 e. The van der Waals surface area contributed by atoms with Gasteiger partial charge in [-0.2, -0.15) is 0 Å². The fraction of sp³-hybridized carbons (Fsp3) is 0.188. The summed E-state index contributed by atoms with van der Waals surface area (Å²) in [6.45, 7) is 0.814. The minimum Gasteiger partial charge on any atom is -0.447 e. The minimum absolute atomic E-state index is 0.0583. The number of cyclic esters (lactones) is 1. The first-order chi connectivity index (χ1) is 11.5. The molecule has 0 unspecified atom stereocenters. The number of rotatable bonds is 5. The van der Waals surface area contributed by atoms with Crippen LogP contribution in [0.1, 0.15) is 5.56 Å². The van der Waals surface area contributed by atoms with Crippen molar-refractivity contribution in [3.63, 3.8) is 0 Å². The smallest absolute Gasteiger partial charge is 0.414 e. The first kappa shape index (κ1) is 16.4. The van der Waals surface area contributed by atoms with Crippen LogP contribution >= 0.6 is 0 Å². The monoisotopic (exact) mass is 350 g/mol. The van der Waals surface area contributed by atoms with Gasteiger partial charge in [-0.05, 0) is 42.0 Å². The van der Waals surface area contributed by atoms with Gasteiger partial charge in [0.2, 0.25) is 10.0 Å². The highest BCUT2D eigenvalue weighted by Crippen LogP contribution is 2.21. The van der Waals surface area contributed by atoms with Crippen LogP contribution in [0, 0.1) is 5.82 Å². The summed E-state index contributed by atoms with van der Waals surface area (Å²) in [4.78, 5) is 13.0. The number of anilines is 1. The molecule has 1 fully saturated rings. The van der Waals surface area contributed by atoms with Crippen molar-refractivity contribution < 1.29 is 22.3 Å². The quantitative estimate of drug-likeness (QED) is 0.897. The van der Waals surface area contributed by atoms with E-state index in [2.05, 4.69) is 4.72 Å². The lowest BCUT2D eigenvalue weighted by Gasteiger charge is -2.13. The van der Waals surface area contributed by atoms with E-state index in [0.29, 0.717) is 24.4 Å². The van der Waals surface area contributed by atoms with Crippen molar-refractivity contribution >= 4 is 21.8 Å². The summed E-state index contributed by atoms with van der Waals surface area (Å²) in [7, 11) is -3.70.